The fourth-order valence-corrected chi connectivity index (χ4v) is 6.10. The van der Waals surface area contributed by atoms with E-state index in [2.05, 4.69) is 30.2 Å². The molecule has 11 heteroatoms. The van der Waals surface area contributed by atoms with Crippen LogP contribution in [0.2, 0.25) is 0 Å². The summed E-state index contributed by atoms with van der Waals surface area (Å²) in [6, 6.07) is 16.4. The Bertz CT molecular complexity index is 1560. The largest absolute Gasteiger partial charge is 0.480 e. The molecule has 0 bridgehead atoms. The topological polar surface area (TPSA) is 128 Å². The van der Waals surface area contributed by atoms with Gasteiger partial charge in [0.15, 0.2) is 0 Å². The van der Waals surface area contributed by atoms with E-state index < -0.39 is 5.97 Å². The Morgan fingerprint density at radius 1 is 0.884 bits per heavy atom. The second-order valence-corrected chi connectivity index (χ2v) is 11.3. The average Bonchev–Trinajstić information content (AvgIpc) is 3.02. The van der Waals surface area contributed by atoms with Gasteiger partial charge in [-0.3, -0.25) is 14.5 Å². The zero-order chi connectivity index (χ0) is 29.8. The molecule has 1 saturated heterocycles. The lowest BCUT2D eigenvalue weighted by atomic mass is 9.89. The van der Waals surface area contributed by atoms with Crippen molar-refractivity contribution in [2.24, 2.45) is 0 Å². The van der Waals surface area contributed by atoms with Crippen molar-refractivity contribution < 1.29 is 14.7 Å². The van der Waals surface area contributed by atoms with Gasteiger partial charge in [0.1, 0.15) is 0 Å². The first-order valence-electron chi connectivity index (χ1n) is 14.8. The van der Waals surface area contributed by atoms with Crippen molar-refractivity contribution in [2.75, 3.05) is 47.8 Å². The Morgan fingerprint density at radius 2 is 1.58 bits per heavy atom. The number of carbonyl (C=O) groups excluding carboxylic acids is 1. The number of amides is 1. The molecule has 1 saturated carbocycles. The molecular weight excluding hydrogens is 544 g/mol. The number of benzene rings is 2. The highest BCUT2D eigenvalue weighted by atomic mass is 16.4. The molecule has 11 nitrogen and oxygen atoms in total. The van der Waals surface area contributed by atoms with Crippen molar-refractivity contribution in [1.82, 2.24) is 24.8 Å². The Labute approximate surface area is 250 Å². The maximum absolute atomic E-state index is 12.8. The van der Waals surface area contributed by atoms with Crippen LogP contribution in [-0.2, 0) is 9.59 Å². The van der Waals surface area contributed by atoms with Crippen LogP contribution in [0.3, 0.4) is 0 Å². The third kappa shape index (κ3) is 6.72. The summed E-state index contributed by atoms with van der Waals surface area (Å²) in [5.74, 6) is 0.532. The summed E-state index contributed by atoms with van der Waals surface area (Å²) in [4.78, 5) is 48.0. The summed E-state index contributed by atoms with van der Waals surface area (Å²) in [5, 5.41) is 13.5. The molecule has 1 amide bonds. The molecule has 4 aromatic rings. The van der Waals surface area contributed by atoms with Crippen LogP contribution >= 0.6 is 0 Å². The van der Waals surface area contributed by atoms with E-state index in [0.717, 1.165) is 53.4 Å². The second-order valence-electron chi connectivity index (χ2n) is 11.3. The number of aromatic nitrogens is 4. The molecule has 0 unspecified atom stereocenters. The molecule has 0 atom stereocenters. The van der Waals surface area contributed by atoms with Gasteiger partial charge in [0.25, 0.3) is 0 Å². The van der Waals surface area contributed by atoms with Crippen LogP contribution in [0.15, 0.2) is 67.1 Å². The number of carbonyl (C=O) groups is 2. The number of nitrogens with zero attached hydrogens (tertiary/aromatic N) is 7. The molecular formula is C32H36N8O3. The average molecular weight is 581 g/mol. The number of para-hydroxylation sites is 1. The molecule has 0 spiro atoms. The molecule has 0 radical (unpaired) electrons. The first kappa shape index (κ1) is 28.5. The molecule has 1 aliphatic heterocycles. The number of hydrogen-bond acceptors (Lipinski definition) is 9. The second kappa shape index (κ2) is 12.7. The predicted octanol–water partition coefficient (Wildman–Crippen LogP) is 4.07. The number of piperazine rings is 1. The van der Waals surface area contributed by atoms with E-state index in [0.29, 0.717) is 38.1 Å². The third-order valence-corrected chi connectivity index (χ3v) is 8.35. The summed E-state index contributed by atoms with van der Waals surface area (Å²) in [6.45, 7) is 4.42. The lowest BCUT2D eigenvalue weighted by molar-refractivity contribution is -0.138. The fourth-order valence-electron chi connectivity index (χ4n) is 6.10. The van der Waals surface area contributed by atoms with Crippen LogP contribution < -0.4 is 15.1 Å². The van der Waals surface area contributed by atoms with Crippen LogP contribution in [-0.4, -0.2) is 86.6 Å². The lowest BCUT2D eigenvalue weighted by Gasteiger charge is -2.36. The van der Waals surface area contributed by atoms with Gasteiger partial charge in [-0.15, -0.1) is 0 Å². The third-order valence-electron chi connectivity index (χ3n) is 8.35. The smallest absolute Gasteiger partial charge is 0.317 e. The van der Waals surface area contributed by atoms with E-state index in [9.17, 15) is 9.59 Å². The number of fused-ring (bicyclic) bond motifs is 1. The summed E-state index contributed by atoms with van der Waals surface area (Å²) in [5.41, 5.74) is 3.70. The van der Waals surface area contributed by atoms with Crippen molar-refractivity contribution in [1.29, 1.82) is 0 Å². The molecule has 6 rings (SSSR count). The molecule has 2 aliphatic rings. The van der Waals surface area contributed by atoms with Gasteiger partial charge in [-0.2, -0.15) is 0 Å². The zero-order valence-electron chi connectivity index (χ0n) is 24.3. The highest BCUT2D eigenvalue weighted by Gasteiger charge is 2.29. The number of aliphatic carboxylic acids is 1. The monoisotopic (exact) mass is 580 g/mol. The van der Waals surface area contributed by atoms with Crippen LogP contribution in [0.5, 0.6) is 0 Å². The van der Waals surface area contributed by atoms with Gasteiger partial charge in [-0.25, -0.2) is 19.9 Å². The van der Waals surface area contributed by atoms with Crippen molar-refractivity contribution in [3.8, 4) is 11.1 Å². The number of carboxylic acid groups (broad SMARTS) is 1. The predicted molar refractivity (Wildman–Crippen MR) is 166 cm³/mol. The summed E-state index contributed by atoms with van der Waals surface area (Å²) >= 11 is 0. The van der Waals surface area contributed by atoms with Crippen LogP contribution in [0.1, 0.15) is 32.6 Å². The van der Waals surface area contributed by atoms with E-state index in [-0.39, 0.29) is 24.5 Å². The highest BCUT2D eigenvalue weighted by Crippen LogP contribution is 2.31. The maximum atomic E-state index is 12.8. The van der Waals surface area contributed by atoms with Gasteiger partial charge in [0.05, 0.1) is 12.1 Å². The Morgan fingerprint density at radius 3 is 2.26 bits per heavy atom. The quantitative estimate of drug-likeness (QED) is 0.315. The zero-order valence-corrected chi connectivity index (χ0v) is 24.3. The Kier molecular flexibility index (Phi) is 8.41. The number of hydrogen-bond donors (Lipinski definition) is 2. The SMILES string of the molecule is CC(=O)N(c1ccc(-c2cnc(N3CCN(CC(=O)O)CC3)nc2)cc1)C1CCC(Nc2ncc3ccccc3n2)CC1. The minimum absolute atomic E-state index is 0.0400. The number of anilines is 3. The summed E-state index contributed by atoms with van der Waals surface area (Å²) in [6.07, 6.45) is 9.14. The standard InChI is InChI=1S/C32H36N8O3/c1-22(41)40(28-12-8-26(9-13-28)36-31-33-18-24-4-2-3-5-29(24)37-31)27-10-6-23(7-11-27)25-19-34-32(35-20-25)39-16-14-38(15-17-39)21-30(42)43/h2-7,10-11,18-20,26,28H,8-9,12-17,21H2,1H3,(H,42,43)(H,33,36,37). The molecule has 2 N–H and O–H groups in total. The van der Waals surface area contributed by atoms with E-state index in [1.807, 2.05) is 76.9 Å². The van der Waals surface area contributed by atoms with Crippen LogP contribution in [0.4, 0.5) is 17.6 Å². The number of rotatable bonds is 8. The molecule has 2 aromatic heterocycles. The van der Waals surface area contributed by atoms with Crippen molar-refractivity contribution in [2.45, 2.75) is 44.7 Å². The molecule has 2 fully saturated rings. The normalized spacial score (nSPS) is 19.2. The summed E-state index contributed by atoms with van der Waals surface area (Å²) < 4.78 is 0. The lowest BCUT2D eigenvalue weighted by Crippen LogP contribution is -2.48. The molecule has 2 aromatic carbocycles. The van der Waals surface area contributed by atoms with Crippen molar-refractivity contribution in [3.63, 3.8) is 0 Å². The van der Waals surface area contributed by atoms with E-state index in [1.54, 1.807) is 6.92 Å². The van der Waals surface area contributed by atoms with Crippen LogP contribution in [0.25, 0.3) is 22.0 Å². The first-order chi connectivity index (χ1) is 20.9. The highest BCUT2D eigenvalue weighted by molar-refractivity contribution is 5.92. The molecule has 1 aliphatic carbocycles. The van der Waals surface area contributed by atoms with Gasteiger partial charge in [-0.05, 0) is 49.4 Å². The van der Waals surface area contributed by atoms with Crippen molar-refractivity contribution >= 4 is 40.4 Å². The van der Waals surface area contributed by atoms with E-state index in [1.165, 1.54) is 0 Å². The maximum Gasteiger partial charge on any atom is 0.317 e. The van der Waals surface area contributed by atoms with E-state index in [4.69, 9.17) is 5.11 Å². The molecule has 222 valence electrons. The number of nitrogens with one attached hydrogen (secondary N) is 1. The van der Waals surface area contributed by atoms with Gasteiger partial charge in [-0.1, -0.05) is 30.3 Å². The van der Waals surface area contributed by atoms with Gasteiger partial charge >= 0.3 is 5.97 Å². The van der Waals surface area contributed by atoms with Gasteiger partial charge < -0.3 is 20.2 Å². The van der Waals surface area contributed by atoms with Gasteiger partial charge in [0, 0.05) is 80.4 Å². The van der Waals surface area contributed by atoms with E-state index >= 15 is 0 Å². The van der Waals surface area contributed by atoms with Crippen LogP contribution in [0, 0.1) is 0 Å². The first-order valence-corrected chi connectivity index (χ1v) is 14.8. The Balaban J connectivity index is 1.05. The minimum Gasteiger partial charge on any atom is -0.480 e. The van der Waals surface area contributed by atoms with Crippen molar-refractivity contribution in [3.05, 3.63) is 67.1 Å². The fraction of sp³-hybridized carbons (Fsp3) is 0.375. The summed E-state index contributed by atoms with van der Waals surface area (Å²) in [7, 11) is 0. The molecule has 3 heterocycles. The Hall–Kier alpha value is -4.64. The number of carboxylic acids is 1. The minimum atomic E-state index is -0.806. The molecule has 43 heavy (non-hydrogen) atoms. The van der Waals surface area contributed by atoms with Gasteiger partial charge in [0.2, 0.25) is 17.8 Å².